The van der Waals surface area contributed by atoms with Crippen LogP contribution in [-0.4, -0.2) is 128 Å². The summed E-state index contributed by atoms with van der Waals surface area (Å²) in [7, 11) is 2.63. The number of carbonyl (C=O) groups is 4. The number of fused-ring (bicyclic) bond motifs is 4. The maximum Gasteiger partial charge on any atom is 1.00 e. The van der Waals surface area contributed by atoms with Gasteiger partial charge in [-0.1, -0.05) is 199 Å². The zero-order chi connectivity index (χ0) is 82.0. The third-order valence-corrected chi connectivity index (χ3v) is 18.6. The van der Waals surface area contributed by atoms with Crippen molar-refractivity contribution in [3.05, 3.63) is 248 Å². The Kier molecular flexibility index (Phi) is 42.3. The van der Waals surface area contributed by atoms with Crippen molar-refractivity contribution in [2.24, 2.45) is 10.9 Å². The van der Waals surface area contributed by atoms with Crippen LogP contribution < -0.4 is 24.6 Å². The SMILES string of the molecule is C.C.C1CCOC1.CCOC(CBr)OCC.COC(=O)c1ccc(-c2noc(-c3cc4c(Cl)ccc(Cl)c4o3)n2)cc1.COC(=O)c1ccc(/C(N)=N\O)cc1.Clc1ccc(Cl)c2occc12.O=C(O)c1cc2c(Cl)ccc(Cl)c2o1.O=C(O)c1ccc(-c2noc(-c3cc4c(Cl)ccc(Cl)c4o3)n2)cc1.Oc1cc(Cl)ccc1Cl.[Li+].[OH-]. The number of benzene rings is 8. The zero-order valence-corrected chi connectivity index (χ0v) is 69.7. The molecule has 6 aromatic heterocycles. The summed E-state index contributed by atoms with van der Waals surface area (Å²) in [4.78, 5) is 52.6. The molecular formula is C79H70BrCl10LiN6O20. The Hall–Kier alpha value is -9.03. The number of halogens is 11. The summed E-state index contributed by atoms with van der Waals surface area (Å²) in [5.41, 5.74) is 10.1. The maximum absolute atomic E-state index is 11.5. The monoisotopic (exact) mass is 1860 g/mol. The zero-order valence-electron chi connectivity index (χ0n) is 60.5. The summed E-state index contributed by atoms with van der Waals surface area (Å²) in [6, 6.07) is 43.4. The van der Waals surface area contributed by atoms with E-state index >= 15 is 0 Å². The number of carboxylic acids is 2. The number of methoxy groups -OCH3 is 2. The van der Waals surface area contributed by atoms with Crippen LogP contribution in [0.5, 0.6) is 5.75 Å². The van der Waals surface area contributed by atoms with Gasteiger partial charge in [0.05, 0.1) is 87.7 Å². The number of amidine groups is 1. The van der Waals surface area contributed by atoms with Crippen LogP contribution in [-0.2, 0) is 23.7 Å². The minimum absolute atomic E-state index is 0. The number of carbonyl (C=O) groups excluding carboxylic acids is 2. The van der Waals surface area contributed by atoms with Crippen LogP contribution in [0.25, 0.3) is 90.0 Å². The Bertz CT molecular complexity index is 5420. The van der Waals surface area contributed by atoms with Gasteiger partial charge in [-0.3, -0.25) is 0 Å². The second-order valence-corrected chi connectivity index (χ2v) is 27.2. The van der Waals surface area contributed by atoms with E-state index in [1.807, 2.05) is 13.8 Å². The molecule has 8 aromatic carbocycles. The molecular weight excluding hydrogens is 1790 g/mol. The molecule has 1 aliphatic rings. The van der Waals surface area contributed by atoms with E-state index < -0.39 is 23.9 Å². The van der Waals surface area contributed by atoms with Gasteiger partial charge in [0.1, 0.15) is 5.75 Å². The molecule has 0 saturated carbocycles. The van der Waals surface area contributed by atoms with Crippen LogP contribution in [0.1, 0.15) is 88.7 Å². The summed E-state index contributed by atoms with van der Waals surface area (Å²) in [5.74, 6) is -1.41. The summed E-state index contributed by atoms with van der Waals surface area (Å²) in [6.07, 6.45) is 4.06. The van der Waals surface area contributed by atoms with Crippen molar-refractivity contribution >= 4 is 206 Å². The smallest absolute Gasteiger partial charge is 0.870 e. The van der Waals surface area contributed by atoms with Gasteiger partial charge >= 0.3 is 42.7 Å². The number of hydrogen-bond acceptors (Lipinski definition) is 23. The minimum atomic E-state index is -1.15. The summed E-state index contributed by atoms with van der Waals surface area (Å²) >= 11 is 62.1. The Morgan fingerprint density at radius 2 is 0.889 bits per heavy atom. The van der Waals surface area contributed by atoms with Crippen LogP contribution in [0, 0.1) is 0 Å². The number of furan rings is 4. The number of carboxylic acid groups (broad SMARTS) is 2. The molecule has 1 fully saturated rings. The Labute approximate surface area is 738 Å². The average Bonchev–Trinajstić information content (AvgIpc) is 1.64. The van der Waals surface area contributed by atoms with Crippen LogP contribution in [0.4, 0.5) is 0 Å². The van der Waals surface area contributed by atoms with Crippen molar-refractivity contribution in [1.29, 1.82) is 0 Å². The van der Waals surface area contributed by atoms with Crippen LogP contribution in [0.2, 0.25) is 50.2 Å². The number of nitrogens with two attached hydrogens (primary N) is 1. The third kappa shape index (κ3) is 28.1. The fourth-order valence-corrected chi connectivity index (χ4v) is 11.8. The second kappa shape index (κ2) is 49.4. The molecule has 117 heavy (non-hydrogen) atoms. The number of esters is 2. The molecule has 26 nitrogen and oxygen atoms in total. The molecule has 38 heteroatoms. The number of hydrogen-bond donors (Lipinski definition) is 5. The van der Waals surface area contributed by atoms with Gasteiger partial charge in [-0.2, -0.15) is 9.97 Å². The third-order valence-electron chi connectivity index (χ3n) is 15.0. The van der Waals surface area contributed by atoms with Crippen molar-refractivity contribution in [2.45, 2.75) is 47.8 Å². The van der Waals surface area contributed by atoms with E-state index in [-0.39, 0.29) is 80.2 Å². The first kappa shape index (κ1) is 100. The van der Waals surface area contributed by atoms with E-state index in [9.17, 15) is 19.2 Å². The predicted molar refractivity (Wildman–Crippen MR) is 452 cm³/mol. The van der Waals surface area contributed by atoms with E-state index in [1.54, 1.807) is 146 Å². The topological polar surface area (TPSA) is 394 Å². The van der Waals surface area contributed by atoms with E-state index in [0.717, 1.165) is 23.9 Å². The van der Waals surface area contributed by atoms with E-state index in [4.69, 9.17) is 183 Å². The molecule has 14 aromatic rings. The molecule has 0 unspecified atom stereocenters. The number of alkyl halides is 1. The van der Waals surface area contributed by atoms with Crippen molar-refractivity contribution in [1.82, 2.24) is 20.3 Å². The first-order valence-corrected chi connectivity index (χ1v) is 37.7. The fraction of sp³-hybridized carbons (Fsp3) is 0.177. The maximum atomic E-state index is 11.5. The van der Waals surface area contributed by atoms with Crippen LogP contribution in [0.15, 0.2) is 202 Å². The van der Waals surface area contributed by atoms with Gasteiger partial charge < -0.3 is 82.1 Å². The number of aromatic nitrogens is 4. The molecule has 1 aliphatic heterocycles. The van der Waals surface area contributed by atoms with Gasteiger partial charge in [0, 0.05) is 81.8 Å². The normalized spacial score (nSPS) is 11.0. The molecule has 7 heterocycles. The minimum Gasteiger partial charge on any atom is -0.870 e. The number of nitrogens with zero attached hydrogens (tertiary/aromatic N) is 5. The molecule has 0 atom stereocenters. The number of phenolic OH excluding ortho intramolecular Hbond substituents is 1. The van der Waals surface area contributed by atoms with Crippen molar-refractivity contribution < 1.29 is 114 Å². The molecule has 0 bridgehead atoms. The van der Waals surface area contributed by atoms with Gasteiger partial charge in [0.15, 0.2) is 46.0 Å². The molecule has 7 N–H and O–H groups in total. The van der Waals surface area contributed by atoms with Gasteiger partial charge in [0.2, 0.25) is 17.4 Å². The first-order chi connectivity index (χ1) is 54.2. The first-order valence-electron chi connectivity index (χ1n) is 32.8. The van der Waals surface area contributed by atoms with Gasteiger partial charge in [-0.15, -0.1) is 0 Å². The Morgan fingerprint density at radius 3 is 1.24 bits per heavy atom. The molecule has 0 amide bonds. The summed E-state index contributed by atoms with van der Waals surface area (Å²) < 4.78 is 56.5. The average molecular weight is 1860 g/mol. The van der Waals surface area contributed by atoms with Crippen molar-refractivity contribution in [3.8, 4) is 51.8 Å². The molecule has 0 radical (unpaired) electrons. The Morgan fingerprint density at radius 1 is 0.504 bits per heavy atom. The summed E-state index contributed by atoms with van der Waals surface area (Å²) in [6.45, 7) is 7.32. The quantitative estimate of drug-likeness (QED) is 0.00986. The number of oxime groups is 1. The molecule has 0 aliphatic carbocycles. The standard InChI is InChI=1S/C18H10Cl2N2O4.C17H8Cl2N2O4.C9H4Cl2O3.C9H10N2O3.C8H4Cl2O.C6H13BrO2.C6H4Cl2O.C4H8O.2CH4.Li.H2O/c1-24-18(23)10-4-2-9(3-5-10)16-21-17(26-22-16)14-8-11-12(19)6-7-13(20)15(11)25-14;18-11-5-6-12(19)14-10(11)7-13(24-14)16-20-15(21-25-16)8-1-3-9(4-2-8)17(22)23;10-5-1-2-6(11)8-4(5)3-7(14-8)9(12)13;1-14-9(12)7-4-2-6(3-5-7)8(10)11-13;9-6-1-2-7(10)8-5(6)3-4-11-8;1-3-8-6(5-7)9-4-2;7-4-1-2-5(8)6(9)3-4;1-2-4-5-3-1;;;;/h2-8H,1H3;1-7H,(H,22,23);1-3H,(H,12,13);2-5,13H,1H3,(H2,10,11);1-4H;6H,3-5H2,1-2H3;1-3,9H;1-4H2;2*1H4;;1H2/q;;;;;;;;;;+1;/p-1. The van der Waals surface area contributed by atoms with Crippen LogP contribution in [0.3, 0.4) is 0 Å². The van der Waals surface area contributed by atoms with E-state index in [1.165, 1.54) is 51.3 Å². The van der Waals surface area contributed by atoms with Gasteiger partial charge in [-0.05, 0) is 142 Å². The number of phenols is 1. The summed E-state index contributed by atoms with van der Waals surface area (Å²) in [5, 5.41) is 53.7. The predicted octanol–water partition coefficient (Wildman–Crippen LogP) is 21.5. The second-order valence-electron chi connectivity index (χ2n) is 22.4. The fourth-order valence-electron chi connectivity index (χ4n) is 9.46. The van der Waals surface area contributed by atoms with Crippen LogP contribution >= 0.6 is 132 Å². The van der Waals surface area contributed by atoms with Crippen molar-refractivity contribution in [2.75, 3.05) is 46.0 Å². The molecule has 15 rings (SSSR count). The van der Waals surface area contributed by atoms with Gasteiger partial charge in [-0.25, -0.2) is 19.2 Å². The number of ether oxygens (including phenoxy) is 5. The van der Waals surface area contributed by atoms with Crippen molar-refractivity contribution in [3.63, 3.8) is 0 Å². The van der Waals surface area contributed by atoms with E-state index in [2.05, 4.69) is 50.8 Å². The largest absolute Gasteiger partial charge is 1.00 e. The van der Waals surface area contributed by atoms with Gasteiger partial charge in [0.25, 0.3) is 11.8 Å². The number of rotatable bonds is 14. The Balaban J connectivity index is 0.000000293. The molecule has 0 spiro atoms. The number of aromatic hydroxyl groups is 1. The molecule has 614 valence electrons. The van der Waals surface area contributed by atoms with E-state index in [0.29, 0.717) is 153 Å². The number of aromatic carboxylic acids is 2. The molecule has 1 saturated heterocycles.